The van der Waals surface area contributed by atoms with Gasteiger partial charge in [-0.2, -0.15) is 8.42 Å². The van der Waals surface area contributed by atoms with Crippen molar-refractivity contribution < 1.29 is 51.3 Å². The number of benzene rings is 1. The van der Waals surface area contributed by atoms with E-state index in [-0.39, 0.29) is 50.8 Å². The number of ether oxygens (including phenoxy) is 1. The van der Waals surface area contributed by atoms with E-state index in [0.29, 0.717) is 24.3 Å². The van der Waals surface area contributed by atoms with Crippen molar-refractivity contribution in [3.05, 3.63) is 54.3 Å². The summed E-state index contributed by atoms with van der Waals surface area (Å²) in [4.78, 5) is 88.8. The maximum absolute atomic E-state index is 13.6. The minimum atomic E-state index is -4.79. The van der Waals surface area contributed by atoms with E-state index in [1.165, 1.54) is 0 Å². The first-order valence-electron chi connectivity index (χ1n) is 18.2. The van der Waals surface area contributed by atoms with E-state index in [1.54, 1.807) is 38.1 Å². The summed E-state index contributed by atoms with van der Waals surface area (Å²) in [5.74, 6) is -5.23. The maximum Gasteiger partial charge on any atom is 0.312 e. The highest BCUT2D eigenvalue weighted by Crippen LogP contribution is 2.25. The monoisotopic (exact) mass is 805 g/mol. The molecule has 8 amide bonds. The Morgan fingerprint density at radius 3 is 2.05 bits per heavy atom. The summed E-state index contributed by atoms with van der Waals surface area (Å²) in [6.45, 7) is 13.6. The fourth-order valence-electron chi connectivity index (χ4n) is 5.18. The third kappa shape index (κ3) is 17.0. The number of hydrogen-bond acceptors (Lipinski definition) is 10. The van der Waals surface area contributed by atoms with Gasteiger partial charge in [0, 0.05) is 42.8 Å². The second-order valence-corrected chi connectivity index (χ2v) is 16.2. The van der Waals surface area contributed by atoms with E-state index in [0.717, 1.165) is 22.6 Å². The molecule has 0 bridgehead atoms. The molecule has 3 atom stereocenters. The van der Waals surface area contributed by atoms with E-state index < -0.39 is 81.4 Å². The number of nitrogens with zero attached hydrogens (tertiary/aromatic N) is 1. The highest BCUT2D eigenvalue weighted by molar-refractivity contribution is 7.85. The van der Waals surface area contributed by atoms with E-state index in [1.807, 2.05) is 20.8 Å². The zero-order chi connectivity index (χ0) is 42.2. The number of rotatable bonds is 23. The van der Waals surface area contributed by atoms with Crippen LogP contribution in [0, 0.1) is 11.3 Å². The van der Waals surface area contributed by atoms with Gasteiger partial charge in [0.1, 0.15) is 30.5 Å². The third-order valence-electron chi connectivity index (χ3n) is 8.53. The van der Waals surface area contributed by atoms with Gasteiger partial charge in [0.05, 0.1) is 5.76 Å². The van der Waals surface area contributed by atoms with Crippen LogP contribution in [-0.4, -0.2) is 96.3 Å². The van der Waals surface area contributed by atoms with Gasteiger partial charge in [0.15, 0.2) is 0 Å². The van der Waals surface area contributed by atoms with Gasteiger partial charge in [-0.05, 0) is 49.3 Å². The molecule has 8 N–H and O–H groups in total. The molecule has 1 aliphatic heterocycles. The number of carbonyl (C=O) groups excluding carboxylic acids is 7. The third-order valence-corrected chi connectivity index (χ3v) is 9.29. The Balaban J connectivity index is 2.09. The summed E-state index contributed by atoms with van der Waals surface area (Å²) in [6.07, 6.45) is 3.56. The van der Waals surface area contributed by atoms with E-state index in [9.17, 15) is 46.5 Å². The molecule has 18 nitrogen and oxygen atoms in total. The van der Waals surface area contributed by atoms with Gasteiger partial charge >= 0.3 is 6.03 Å². The second kappa shape index (κ2) is 21.7. The molecule has 1 aromatic rings. The predicted molar refractivity (Wildman–Crippen MR) is 207 cm³/mol. The summed E-state index contributed by atoms with van der Waals surface area (Å²) in [5.41, 5.74) is 6.14. The highest BCUT2D eigenvalue weighted by atomic mass is 32.2. The lowest BCUT2D eigenvalue weighted by Gasteiger charge is -2.27. The average Bonchev–Trinajstić information content (AvgIpc) is 3.41. The lowest BCUT2D eigenvalue weighted by molar-refractivity contribution is -0.137. The number of hydrogen-bond donors (Lipinski definition) is 7. The summed E-state index contributed by atoms with van der Waals surface area (Å²) < 4.78 is 38.9. The van der Waals surface area contributed by atoms with Crippen LogP contribution >= 0.6 is 0 Å². The molecule has 0 radical (unpaired) electrons. The largest absolute Gasteiger partial charge is 0.493 e. The van der Waals surface area contributed by atoms with Crippen molar-refractivity contribution >= 4 is 57.3 Å². The molecule has 0 saturated carbocycles. The minimum absolute atomic E-state index is 0.0421. The molecule has 1 aromatic carbocycles. The van der Waals surface area contributed by atoms with Crippen LogP contribution in [0.4, 0.5) is 10.5 Å². The van der Waals surface area contributed by atoms with Crippen molar-refractivity contribution in [3.63, 3.8) is 0 Å². The molecular weight excluding hydrogens is 751 g/mol. The molecule has 1 heterocycles. The standard InChI is InChI=1S/C37H55N7O11S/c1-23(2)32(43-34(49)28(22-56(52,53)54)41-29(45)12-8-7-9-20-44-30(46)17-18-31(44)47)35(50)42-27(11-10-19-39-36(38)51)33(48)40-26-15-13-25(14-16-26)21-55-24(3)37(4,5)6/h13-18,23,27-28,32H,3,7-12,19-22H2,1-2,4-6H3,(H,40,48)(H,41,45)(H,42,50)(H,43,49)(H3,38,39,51)(H,52,53,54)/t27-,28-,32?/m0/s1. The van der Waals surface area contributed by atoms with Crippen LogP contribution in [0.1, 0.15) is 78.7 Å². The zero-order valence-corrected chi connectivity index (χ0v) is 33.3. The Hall–Kier alpha value is -5.30. The molecule has 56 heavy (non-hydrogen) atoms. The lowest BCUT2D eigenvalue weighted by Crippen LogP contribution is -2.59. The van der Waals surface area contributed by atoms with Crippen molar-refractivity contribution in [1.82, 2.24) is 26.2 Å². The molecule has 1 unspecified atom stereocenters. The normalized spacial score (nSPS) is 14.4. The number of urea groups is 1. The van der Waals surface area contributed by atoms with Gasteiger partial charge in [-0.1, -0.05) is 59.8 Å². The van der Waals surface area contributed by atoms with Crippen molar-refractivity contribution in [3.8, 4) is 0 Å². The van der Waals surface area contributed by atoms with Gasteiger partial charge in [0.25, 0.3) is 21.9 Å². The van der Waals surface area contributed by atoms with Gasteiger partial charge in [-0.25, -0.2) is 4.79 Å². The van der Waals surface area contributed by atoms with Crippen LogP contribution in [0.3, 0.4) is 0 Å². The smallest absolute Gasteiger partial charge is 0.312 e. The van der Waals surface area contributed by atoms with Crippen LogP contribution in [0.5, 0.6) is 0 Å². The Labute approximate surface area is 327 Å². The number of imide groups is 1. The molecule has 310 valence electrons. The Morgan fingerprint density at radius 2 is 1.50 bits per heavy atom. The van der Waals surface area contributed by atoms with Crippen molar-refractivity contribution in [2.45, 2.75) is 97.9 Å². The molecule has 0 saturated heterocycles. The number of allylic oxidation sites excluding steroid dienone is 1. The number of anilines is 1. The van der Waals surface area contributed by atoms with Crippen LogP contribution in [0.15, 0.2) is 48.8 Å². The fourth-order valence-corrected chi connectivity index (χ4v) is 5.84. The van der Waals surface area contributed by atoms with E-state index in [2.05, 4.69) is 33.2 Å². The fraction of sp³-hybridized carbons (Fsp3) is 0.541. The summed E-state index contributed by atoms with van der Waals surface area (Å²) in [7, 11) is -4.79. The molecular formula is C37H55N7O11S. The average molecular weight is 806 g/mol. The molecule has 1 aliphatic rings. The molecule has 2 rings (SSSR count). The first-order valence-corrected chi connectivity index (χ1v) is 19.8. The lowest BCUT2D eigenvalue weighted by atomic mass is 9.95. The van der Waals surface area contributed by atoms with E-state index >= 15 is 0 Å². The van der Waals surface area contributed by atoms with Gasteiger partial charge < -0.3 is 37.1 Å². The minimum Gasteiger partial charge on any atom is -0.493 e. The van der Waals surface area contributed by atoms with Gasteiger partial charge in [0.2, 0.25) is 23.6 Å². The Morgan fingerprint density at radius 1 is 0.875 bits per heavy atom. The van der Waals surface area contributed by atoms with Crippen LogP contribution in [0.2, 0.25) is 0 Å². The number of nitrogens with two attached hydrogens (primary N) is 1. The number of primary amides is 1. The SMILES string of the molecule is C=C(OCc1ccc(NC(=O)[C@H](CCCNC(N)=O)NC(=O)C(NC(=O)[C@H](CS(=O)(=O)O)NC(=O)CCCCCN2C(=O)C=CC2=O)C(C)C)cc1)C(C)(C)C. The quantitative estimate of drug-likeness (QED) is 0.0362. The summed E-state index contributed by atoms with van der Waals surface area (Å²) >= 11 is 0. The van der Waals surface area contributed by atoms with Crippen molar-refractivity contribution in [2.24, 2.45) is 17.1 Å². The summed E-state index contributed by atoms with van der Waals surface area (Å²) in [5, 5.41) is 12.5. The number of unbranched alkanes of at least 4 members (excludes halogenated alkanes) is 2. The first-order chi connectivity index (χ1) is 26.1. The number of nitrogens with one attached hydrogen (secondary N) is 5. The number of amides is 8. The topological polar surface area (TPSA) is 272 Å². The molecule has 0 spiro atoms. The molecule has 19 heteroatoms. The molecule has 0 fully saturated rings. The van der Waals surface area contributed by atoms with Crippen molar-refractivity contribution in [1.29, 1.82) is 0 Å². The zero-order valence-electron chi connectivity index (χ0n) is 32.5. The predicted octanol–water partition coefficient (Wildman–Crippen LogP) is 1.63. The molecule has 0 aromatic heterocycles. The Bertz CT molecular complexity index is 1720. The van der Waals surface area contributed by atoms with Crippen LogP contribution in [-0.2, 0) is 50.2 Å². The van der Waals surface area contributed by atoms with Crippen LogP contribution in [0.25, 0.3) is 0 Å². The summed E-state index contributed by atoms with van der Waals surface area (Å²) in [6, 6.07) is 1.77. The highest BCUT2D eigenvalue weighted by Gasteiger charge is 2.33. The first kappa shape index (κ1) is 46.9. The van der Waals surface area contributed by atoms with E-state index in [4.69, 9.17) is 10.5 Å². The van der Waals surface area contributed by atoms with Gasteiger partial charge in [-0.15, -0.1) is 0 Å². The molecule has 0 aliphatic carbocycles. The van der Waals surface area contributed by atoms with Crippen LogP contribution < -0.4 is 32.3 Å². The Kier molecular flexibility index (Phi) is 18.2. The van der Waals surface area contributed by atoms with Gasteiger partial charge in [-0.3, -0.25) is 38.2 Å². The second-order valence-electron chi connectivity index (χ2n) is 14.7. The number of carbonyl (C=O) groups is 7. The van der Waals surface area contributed by atoms with Crippen molar-refractivity contribution in [2.75, 3.05) is 24.2 Å². The maximum atomic E-state index is 13.6.